The Kier molecular flexibility index (Phi) is 4.44. The van der Waals surface area contributed by atoms with E-state index in [4.69, 9.17) is 0 Å². The van der Waals surface area contributed by atoms with Gasteiger partial charge in [-0.15, -0.1) is 0 Å². The summed E-state index contributed by atoms with van der Waals surface area (Å²) in [7, 11) is 0. The first-order chi connectivity index (χ1) is 12.7. The molecule has 2 aromatic rings. The van der Waals surface area contributed by atoms with Crippen molar-refractivity contribution in [2.24, 2.45) is 5.92 Å². The van der Waals surface area contributed by atoms with Crippen LogP contribution in [0.1, 0.15) is 30.7 Å². The van der Waals surface area contributed by atoms with Crippen LogP contribution >= 0.6 is 0 Å². The van der Waals surface area contributed by atoms with Crippen LogP contribution in [0.3, 0.4) is 0 Å². The van der Waals surface area contributed by atoms with Crippen molar-refractivity contribution in [3.63, 3.8) is 0 Å². The molecule has 26 heavy (non-hydrogen) atoms. The van der Waals surface area contributed by atoms with Crippen molar-refractivity contribution in [3.05, 3.63) is 54.4 Å². The van der Waals surface area contributed by atoms with Crippen LogP contribution in [0.5, 0.6) is 0 Å². The average molecular weight is 347 g/mol. The third-order valence-corrected chi connectivity index (χ3v) is 5.75. The van der Waals surface area contributed by atoms with E-state index in [9.17, 15) is 15.2 Å². The zero-order valence-electron chi connectivity index (χ0n) is 14.5. The van der Waals surface area contributed by atoms with Crippen molar-refractivity contribution in [1.29, 1.82) is 5.26 Å². The summed E-state index contributed by atoms with van der Waals surface area (Å²) in [6, 6.07) is 13.4. The number of amides is 1. The van der Waals surface area contributed by atoms with Crippen LogP contribution in [-0.4, -0.2) is 39.6 Å². The topological polar surface area (TPSA) is 77.2 Å². The number of nitriles is 1. The summed E-state index contributed by atoms with van der Waals surface area (Å²) in [6.45, 7) is -0.118. The quantitative estimate of drug-likeness (QED) is 0.922. The molecule has 1 aliphatic heterocycles. The summed E-state index contributed by atoms with van der Waals surface area (Å²) in [6.07, 6.45) is 6.39. The maximum atomic E-state index is 12.6. The third-order valence-electron chi connectivity index (χ3n) is 5.75. The third kappa shape index (κ3) is 2.67. The lowest BCUT2D eigenvalue weighted by Crippen LogP contribution is -2.66. The highest BCUT2D eigenvalue weighted by Crippen LogP contribution is 2.43. The Morgan fingerprint density at radius 2 is 1.81 bits per heavy atom. The molecule has 4 rings (SSSR count). The van der Waals surface area contributed by atoms with Crippen LogP contribution in [-0.2, 0) is 4.79 Å². The Balaban J connectivity index is 1.56. The van der Waals surface area contributed by atoms with Crippen molar-refractivity contribution in [2.75, 3.05) is 6.61 Å². The molecular weight excluding hydrogens is 326 g/mol. The lowest BCUT2D eigenvalue weighted by molar-refractivity contribution is -0.154. The molecule has 2 aliphatic rings. The van der Waals surface area contributed by atoms with Crippen molar-refractivity contribution in [2.45, 2.75) is 37.3 Å². The number of aromatic nitrogens is 1. The van der Waals surface area contributed by atoms with Crippen molar-refractivity contribution in [1.82, 2.24) is 9.88 Å². The number of nitrogens with zero attached hydrogens (tertiary/aromatic N) is 3. The van der Waals surface area contributed by atoms with Gasteiger partial charge in [0.2, 0.25) is 5.91 Å². The summed E-state index contributed by atoms with van der Waals surface area (Å²) in [4.78, 5) is 18.3. The fourth-order valence-corrected chi connectivity index (χ4v) is 4.02. The summed E-state index contributed by atoms with van der Waals surface area (Å²) in [5, 5.41) is 19.5. The maximum Gasteiger partial charge on any atom is 0.227 e. The number of hydrogen-bond donors (Lipinski definition) is 1. The Morgan fingerprint density at radius 3 is 2.35 bits per heavy atom. The van der Waals surface area contributed by atoms with Crippen LogP contribution < -0.4 is 0 Å². The summed E-state index contributed by atoms with van der Waals surface area (Å²) < 4.78 is 0. The van der Waals surface area contributed by atoms with Gasteiger partial charge in [0, 0.05) is 24.2 Å². The zero-order chi connectivity index (χ0) is 18.1. The maximum absolute atomic E-state index is 12.6. The number of hydrogen-bond acceptors (Lipinski definition) is 4. The Labute approximate surface area is 152 Å². The minimum absolute atomic E-state index is 0.0338. The molecule has 1 amide bonds. The van der Waals surface area contributed by atoms with Gasteiger partial charge in [-0.1, -0.05) is 30.7 Å². The molecule has 0 bridgehead atoms. The Hall–Kier alpha value is -2.71. The van der Waals surface area contributed by atoms with Crippen LogP contribution in [0.25, 0.3) is 11.1 Å². The van der Waals surface area contributed by atoms with Gasteiger partial charge >= 0.3 is 0 Å². The predicted octanol–water partition coefficient (Wildman–Crippen LogP) is 2.73. The molecule has 1 saturated carbocycles. The molecule has 0 unspecified atom stereocenters. The van der Waals surface area contributed by atoms with E-state index in [2.05, 4.69) is 11.1 Å². The normalized spacial score (nSPS) is 25.1. The fourth-order valence-electron chi connectivity index (χ4n) is 4.02. The number of likely N-dealkylation sites (tertiary alicyclic amines) is 1. The standard InChI is InChI=1S/C21H21N3O2/c22-12-18-20(19(13-25)24(18)21(26)17-2-1-3-17)16-6-4-14(5-7-16)15-8-10-23-11-9-15/h4-11,17-20,25H,1-3,13H2/t18-,19+,20+/m0/s1. The first-order valence-corrected chi connectivity index (χ1v) is 9.07. The van der Waals surface area contributed by atoms with E-state index in [0.717, 1.165) is 36.0 Å². The van der Waals surface area contributed by atoms with Gasteiger partial charge in [-0.05, 0) is 41.7 Å². The summed E-state index contributed by atoms with van der Waals surface area (Å²) >= 11 is 0. The number of carbonyl (C=O) groups excluding carboxylic acids is 1. The molecule has 5 heteroatoms. The van der Waals surface area contributed by atoms with Crippen LogP contribution in [0.15, 0.2) is 48.8 Å². The average Bonchev–Trinajstić information content (AvgIpc) is 2.61. The fraction of sp³-hybridized carbons (Fsp3) is 0.381. The number of carbonyl (C=O) groups is 1. The van der Waals surface area contributed by atoms with Gasteiger partial charge in [-0.3, -0.25) is 9.78 Å². The molecule has 1 aromatic carbocycles. The van der Waals surface area contributed by atoms with Gasteiger partial charge in [-0.25, -0.2) is 0 Å². The van der Waals surface area contributed by atoms with Crippen molar-refractivity contribution in [3.8, 4) is 17.2 Å². The van der Waals surface area contributed by atoms with E-state index in [1.807, 2.05) is 36.4 Å². The van der Waals surface area contributed by atoms with Gasteiger partial charge in [0.1, 0.15) is 6.04 Å². The molecule has 1 saturated heterocycles. The predicted molar refractivity (Wildman–Crippen MR) is 96.9 cm³/mol. The second kappa shape index (κ2) is 6.89. The largest absolute Gasteiger partial charge is 0.394 e. The van der Waals surface area contributed by atoms with Gasteiger partial charge in [0.15, 0.2) is 0 Å². The Morgan fingerprint density at radius 1 is 1.15 bits per heavy atom. The van der Waals surface area contributed by atoms with Crippen molar-refractivity contribution >= 4 is 5.91 Å². The second-order valence-corrected chi connectivity index (χ2v) is 7.08. The van der Waals surface area contributed by atoms with E-state index >= 15 is 0 Å². The molecule has 2 heterocycles. The minimum Gasteiger partial charge on any atom is -0.394 e. The smallest absolute Gasteiger partial charge is 0.227 e. The van der Waals surface area contributed by atoms with E-state index in [-0.39, 0.29) is 30.4 Å². The minimum atomic E-state index is -0.493. The lowest BCUT2D eigenvalue weighted by Gasteiger charge is -2.53. The number of aliphatic hydroxyl groups is 1. The van der Waals surface area contributed by atoms with E-state index in [1.54, 1.807) is 17.3 Å². The van der Waals surface area contributed by atoms with E-state index < -0.39 is 6.04 Å². The summed E-state index contributed by atoms with van der Waals surface area (Å²) in [5.74, 6) is -0.0676. The highest BCUT2D eigenvalue weighted by atomic mass is 16.3. The molecule has 2 fully saturated rings. The van der Waals surface area contributed by atoms with E-state index in [1.165, 1.54) is 0 Å². The first-order valence-electron chi connectivity index (χ1n) is 9.07. The second-order valence-electron chi connectivity index (χ2n) is 7.08. The molecular formula is C21H21N3O2. The Bertz CT molecular complexity index is 825. The molecule has 3 atom stereocenters. The van der Waals surface area contributed by atoms with Crippen molar-refractivity contribution < 1.29 is 9.90 Å². The SMILES string of the molecule is N#C[C@H]1[C@@H](c2ccc(-c3ccncc3)cc2)[C@@H](CO)N1C(=O)C1CCC1. The van der Waals surface area contributed by atoms with Crippen LogP contribution in [0.4, 0.5) is 0 Å². The first kappa shape index (κ1) is 16.7. The van der Waals surface area contributed by atoms with Gasteiger partial charge < -0.3 is 10.0 Å². The highest BCUT2D eigenvalue weighted by molar-refractivity contribution is 5.82. The lowest BCUT2D eigenvalue weighted by atomic mass is 9.73. The summed E-state index contributed by atoms with van der Waals surface area (Å²) in [5.41, 5.74) is 3.15. The van der Waals surface area contributed by atoms with E-state index in [0.29, 0.717) is 0 Å². The van der Waals surface area contributed by atoms with Gasteiger partial charge in [-0.2, -0.15) is 5.26 Å². The number of rotatable bonds is 4. The molecule has 1 N–H and O–H groups in total. The zero-order valence-corrected chi connectivity index (χ0v) is 14.5. The number of aliphatic hydroxyl groups excluding tert-OH is 1. The number of pyridine rings is 1. The highest BCUT2D eigenvalue weighted by Gasteiger charge is 2.53. The number of benzene rings is 1. The molecule has 1 aliphatic carbocycles. The molecule has 132 valence electrons. The monoisotopic (exact) mass is 347 g/mol. The molecule has 5 nitrogen and oxygen atoms in total. The molecule has 1 aromatic heterocycles. The van der Waals surface area contributed by atoms with Gasteiger partial charge in [0.25, 0.3) is 0 Å². The van der Waals surface area contributed by atoms with Gasteiger partial charge in [0.05, 0.1) is 18.7 Å². The molecule has 0 radical (unpaired) electrons. The van der Waals surface area contributed by atoms with Crippen LogP contribution in [0, 0.1) is 17.2 Å². The molecule has 0 spiro atoms. The van der Waals surface area contributed by atoms with Crippen LogP contribution in [0.2, 0.25) is 0 Å².